The molecule has 0 saturated carbocycles. The SMILES string of the molecule is Cc1cccc(Nc2ccnc3c2c(=O)n(C)c(=O)n3C)c1. The second-order valence-corrected chi connectivity index (χ2v) is 5.26. The first kappa shape index (κ1) is 14.1. The highest BCUT2D eigenvalue weighted by molar-refractivity contribution is 5.90. The Balaban J connectivity index is 2.27. The van der Waals surface area contributed by atoms with E-state index in [1.165, 1.54) is 11.6 Å². The number of hydrogen-bond acceptors (Lipinski definition) is 4. The number of aryl methyl sites for hydroxylation is 2. The van der Waals surface area contributed by atoms with Crippen molar-refractivity contribution in [1.82, 2.24) is 14.1 Å². The molecule has 2 aromatic heterocycles. The van der Waals surface area contributed by atoms with Gasteiger partial charge in [-0.2, -0.15) is 0 Å². The molecule has 0 aliphatic heterocycles. The van der Waals surface area contributed by atoms with Crippen LogP contribution in [0.1, 0.15) is 5.56 Å². The maximum absolute atomic E-state index is 12.4. The molecule has 0 fully saturated rings. The highest BCUT2D eigenvalue weighted by Gasteiger charge is 2.13. The normalized spacial score (nSPS) is 10.9. The van der Waals surface area contributed by atoms with Crippen LogP contribution in [0.4, 0.5) is 11.4 Å². The van der Waals surface area contributed by atoms with Crippen LogP contribution in [0.3, 0.4) is 0 Å². The van der Waals surface area contributed by atoms with Gasteiger partial charge in [-0.1, -0.05) is 12.1 Å². The zero-order chi connectivity index (χ0) is 15.9. The standard InChI is InChI=1S/C16H16N4O2/c1-10-5-4-6-11(9-10)18-12-7-8-17-14-13(12)15(21)20(3)16(22)19(14)2/h4-9H,1-3H3,(H,17,18). The van der Waals surface area contributed by atoms with E-state index in [0.29, 0.717) is 16.7 Å². The van der Waals surface area contributed by atoms with Crippen molar-refractivity contribution >= 4 is 22.4 Å². The van der Waals surface area contributed by atoms with Gasteiger partial charge in [-0.05, 0) is 30.7 Å². The van der Waals surface area contributed by atoms with Crippen LogP contribution in [-0.2, 0) is 14.1 Å². The van der Waals surface area contributed by atoms with Crippen LogP contribution in [0.5, 0.6) is 0 Å². The van der Waals surface area contributed by atoms with Gasteiger partial charge in [0.05, 0.1) is 5.69 Å². The lowest BCUT2D eigenvalue weighted by Gasteiger charge is -2.12. The van der Waals surface area contributed by atoms with Crippen LogP contribution in [0, 0.1) is 6.92 Å². The molecule has 0 aliphatic rings. The summed E-state index contributed by atoms with van der Waals surface area (Å²) in [6.07, 6.45) is 1.58. The number of hydrogen-bond donors (Lipinski definition) is 1. The molecule has 112 valence electrons. The van der Waals surface area contributed by atoms with Crippen LogP contribution in [-0.4, -0.2) is 14.1 Å². The molecule has 1 aromatic carbocycles. The van der Waals surface area contributed by atoms with Gasteiger partial charge in [0.1, 0.15) is 5.39 Å². The molecular formula is C16H16N4O2. The molecule has 0 saturated heterocycles. The Hall–Kier alpha value is -2.89. The van der Waals surface area contributed by atoms with E-state index in [4.69, 9.17) is 0 Å². The number of aromatic nitrogens is 3. The van der Waals surface area contributed by atoms with Gasteiger partial charge < -0.3 is 5.32 Å². The highest BCUT2D eigenvalue weighted by atomic mass is 16.2. The average molecular weight is 296 g/mol. The van der Waals surface area contributed by atoms with Crippen molar-refractivity contribution < 1.29 is 0 Å². The van der Waals surface area contributed by atoms with Crippen molar-refractivity contribution in [3.8, 4) is 0 Å². The third kappa shape index (κ3) is 2.18. The molecule has 3 aromatic rings. The largest absolute Gasteiger partial charge is 0.355 e. The molecule has 2 heterocycles. The van der Waals surface area contributed by atoms with Crippen molar-refractivity contribution in [3.05, 3.63) is 62.9 Å². The molecule has 0 atom stereocenters. The zero-order valence-corrected chi connectivity index (χ0v) is 12.6. The smallest absolute Gasteiger partial charge is 0.332 e. The molecule has 0 spiro atoms. The second-order valence-electron chi connectivity index (χ2n) is 5.26. The van der Waals surface area contributed by atoms with Gasteiger partial charge in [-0.15, -0.1) is 0 Å². The summed E-state index contributed by atoms with van der Waals surface area (Å²) in [7, 11) is 3.07. The number of anilines is 2. The fourth-order valence-corrected chi connectivity index (χ4v) is 2.47. The Morgan fingerprint density at radius 3 is 2.59 bits per heavy atom. The molecular weight excluding hydrogens is 280 g/mol. The van der Waals surface area contributed by atoms with Gasteiger partial charge in [0.25, 0.3) is 5.56 Å². The minimum atomic E-state index is -0.391. The van der Waals surface area contributed by atoms with Gasteiger partial charge in [-0.3, -0.25) is 13.9 Å². The summed E-state index contributed by atoms with van der Waals surface area (Å²) in [5.74, 6) is 0. The first-order chi connectivity index (χ1) is 10.5. The Kier molecular flexibility index (Phi) is 3.29. The maximum Gasteiger partial charge on any atom is 0.332 e. The van der Waals surface area contributed by atoms with Gasteiger partial charge in [0, 0.05) is 26.0 Å². The molecule has 6 nitrogen and oxygen atoms in total. The predicted octanol–water partition coefficient (Wildman–Crippen LogP) is 1.68. The summed E-state index contributed by atoms with van der Waals surface area (Å²) in [5, 5.41) is 3.63. The number of nitrogens with one attached hydrogen (secondary N) is 1. The lowest BCUT2D eigenvalue weighted by molar-refractivity contribution is 0.708. The van der Waals surface area contributed by atoms with Gasteiger partial charge in [0.2, 0.25) is 0 Å². The van der Waals surface area contributed by atoms with Gasteiger partial charge >= 0.3 is 5.69 Å². The van der Waals surface area contributed by atoms with Crippen molar-refractivity contribution in [2.24, 2.45) is 14.1 Å². The lowest BCUT2D eigenvalue weighted by Crippen LogP contribution is -2.37. The fraction of sp³-hybridized carbons (Fsp3) is 0.188. The topological polar surface area (TPSA) is 68.9 Å². The zero-order valence-electron chi connectivity index (χ0n) is 12.6. The number of benzene rings is 1. The molecule has 0 unspecified atom stereocenters. The second kappa shape index (κ2) is 5.14. The Bertz CT molecular complexity index is 986. The summed E-state index contributed by atoms with van der Waals surface area (Å²) in [5.41, 5.74) is 2.24. The quantitative estimate of drug-likeness (QED) is 0.781. The molecule has 6 heteroatoms. The molecule has 0 aliphatic carbocycles. The van der Waals surface area contributed by atoms with Crippen LogP contribution in [0.15, 0.2) is 46.1 Å². The summed E-state index contributed by atoms with van der Waals surface area (Å²) in [6, 6.07) is 9.58. The van der Waals surface area contributed by atoms with Crippen LogP contribution in [0.2, 0.25) is 0 Å². The van der Waals surface area contributed by atoms with E-state index in [0.717, 1.165) is 15.8 Å². The molecule has 1 N–H and O–H groups in total. The number of pyridine rings is 1. The molecule has 0 amide bonds. The molecule has 0 radical (unpaired) electrons. The lowest BCUT2D eigenvalue weighted by atomic mass is 10.2. The van der Waals surface area contributed by atoms with E-state index in [1.807, 2.05) is 31.2 Å². The first-order valence-electron chi connectivity index (χ1n) is 6.87. The van der Waals surface area contributed by atoms with Crippen molar-refractivity contribution in [2.75, 3.05) is 5.32 Å². The summed E-state index contributed by atoms with van der Waals surface area (Å²) < 4.78 is 2.46. The average Bonchev–Trinajstić information content (AvgIpc) is 2.50. The summed E-state index contributed by atoms with van der Waals surface area (Å²) in [4.78, 5) is 28.6. The van der Waals surface area contributed by atoms with Crippen LogP contribution >= 0.6 is 0 Å². The maximum atomic E-state index is 12.4. The van der Waals surface area contributed by atoms with Gasteiger partial charge in [-0.25, -0.2) is 9.78 Å². The summed E-state index contributed by atoms with van der Waals surface area (Å²) in [6.45, 7) is 2.00. The highest BCUT2D eigenvalue weighted by Crippen LogP contribution is 2.22. The molecule has 3 rings (SSSR count). The van der Waals surface area contributed by atoms with Gasteiger partial charge in [0.15, 0.2) is 5.65 Å². The van der Waals surface area contributed by atoms with E-state index in [1.54, 1.807) is 19.3 Å². The van der Waals surface area contributed by atoms with E-state index in [9.17, 15) is 9.59 Å². The number of fused-ring (bicyclic) bond motifs is 1. The number of rotatable bonds is 2. The molecule has 22 heavy (non-hydrogen) atoms. The molecule has 0 bridgehead atoms. The van der Waals surface area contributed by atoms with Crippen molar-refractivity contribution in [2.45, 2.75) is 6.92 Å². The first-order valence-corrected chi connectivity index (χ1v) is 6.87. The monoisotopic (exact) mass is 296 g/mol. The van der Waals surface area contributed by atoms with Crippen molar-refractivity contribution in [3.63, 3.8) is 0 Å². The third-order valence-corrected chi connectivity index (χ3v) is 3.64. The Morgan fingerprint density at radius 2 is 1.86 bits per heavy atom. The van der Waals surface area contributed by atoms with Crippen LogP contribution < -0.4 is 16.6 Å². The van der Waals surface area contributed by atoms with E-state index < -0.39 is 5.69 Å². The minimum Gasteiger partial charge on any atom is -0.355 e. The Morgan fingerprint density at radius 1 is 1.09 bits per heavy atom. The third-order valence-electron chi connectivity index (χ3n) is 3.64. The van der Waals surface area contributed by atoms with E-state index in [2.05, 4.69) is 10.3 Å². The van der Waals surface area contributed by atoms with E-state index in [-0.39, 0.29) is 5.56 Å². The Labute approximate surface area is 126 Å². The predicted molar refractivity (Wildman–Crippen MR) is 86.7 cm³/mol. The summed E-state index contributed by atoms with van der Waals surface area (Å²) >= 11 is 0. The minimum absolute atomic E-state index is 0.360. The van der Waals surface area contributed by atoms with E-state index >= 15 is 0 Å². The van der Waals surface area contributed by atoms with Crippen LogP contribution in [0.25, 0.3) is 11.0 Å². The fourth-order valence-electron chi connectivity index (χ4n) is 2.47. The number of nitrogens with zero attached hydrogens (tertiary/aromatic N) is 3. The van der Waals surface area contributed by atoms with Crippen molar-refractivity contribution in [1.29, 1.82) is 0 Å².